The van der Waals surface area contributed by atoms with E-state index in [4.69, 9.17) is 5.73 Å². The molecule has 0 aliphatic heterocycles. The zero-order valence-corrected chi connectivity index (χ0v) is 11.8. The number of amides is 3. The molecule has 22 heavy (non-hydrogen) atoms. The van der Waals surface area contributed by atoms with Crippen molar-refractivity contribution in [3.63, 3.8) is 0 Å². The maximum atomic E-state index is 12.9. The summed E-state index contributed by atoms with van der Waals surface area (Å²) in [6, 6.07) is 3.41. The molecule has 3 N–H and O–H groups in total. The van der Waals surface area contributed by atoms with Crippen LogP contribution in [-0.2, 0) is 10.9 Å². The summed E-state index contributed by atoms with van der Waals surface area (Å²) in [6.07, 6.45) is -5.61. The van der Waals surface area contributed by atoms with Crippen LogP contribution in [0, 0.1) is 0 Å². The molecule has 0 saturated carbocycles. The normalized spacial score (nSPS) is 11.0. The highest BCUT2D eigenvalue weighted by Crippen LogP contribution is 2.34. The number of carbonyl (C=O) groups is 2. The highest BCUT2D eigenvalue weighted by Gasteiger charge is 2.34. The van der Waals surface area contributed by atoms with Crippen molar-refractivity contribution in [1.82, 2.24) is 4.90 Å². The number of imide groups is 1. The number of ether oxygens (including phenoxy) is 1. The molecule has 0 bridgehead atoms. The van der Waals surface area contributed by atoms with Gasteiger partial charge in [-0.3, -0.25) is 0 Å². The lowest BCUT2D eigenvalue weighted by Crippen LogP contribution is -2.43. The number of nitrogens with two attached hydrogens (primary N) is 1. The van der Waals surface area contributed by atoms with Crippen molar-refractivity contribution in [3.8, 4) is 0 Å². The molecular weight excluding hydrogens is 303 g/mol. The van der Waals surface area contributed by atoms with E-state index in [9.17, 15) is 22.8 Å². The summed E-state index contributed by atoms with van der Waals surface area (Å²) < 4.78 is 43.2. The zero-order chi connectivity index (χ0) is 16.8. The SMILES string of the molecule is CCOC(=O)N(CCN)C(=O)Nc1ccccc1C(F)(F)F. The number of hydrogen-bond donors (Lipinski definition) is 2. The lowest BCUT2D eigenvalue weighted by atomic mass is 10.1. The molecule has 9 heteroatoms. The number of halogens is 3. The van der Waals surface area contributed by atoms with Crippen LogP contribution in [-0.4, -0.2) is 36.7 Å². The molecule has 0 fully saturated rings. The minimum absolute atomic E-state index is 0.0202. The van der Waals surface area contributed by atoms with Gasteiger partial charge in [0.15, 0.2) is 0 Å². The van der Waals surface area contributed by atoms with Crippen LogP contribution in [0.25, 0.3) is 0 Å². The highest BCUT2D eigenvalue weighted by molar-refractivity contribution is 5.99. The van der Waals surface area contributed by atoms with Crippen LogP contribution in [0.3, 0.4) is 0 Å². The molecule has 122 valence electrons. The molecule has 1 aromatic rings. The van der Waals surface area contributed by atoms with Crippen molar-refractivity contribution in [3.05, 3.63) is 29.8 Å². The van der Waals surface area contributed by atoms with Crippen LogP contribution < -0.4 is 11.1 Å². The van der Waals surface area contributed by atoms with E-state index in [2.05, 4.69) is 10.1 Å². The molecule has 0 aromatic heterocycles. The van der Waals surface area contributed by atoms with Crippen LogP contribution in [0.4, 0.5) is 28.4 Å². The van der Waals surface area contributed by atoms with Crippen LogP contribution in [0.1, 0.15) is 12.5 Å². The fraction of sp³-hybridized carbons (Fsp3) is 0.385. The van der Waals surface area contributed by atoms with Gasteiger partial charge in [-0.25, -0.2) is 14.5 Å². The number of anilines is 1. The number of urea groups is 1. The van der Waals surface area contributed by atoms with E-state index < -0.39 is 29.6 Å². The first-order valence-electron chi connectivity index (χ1n) is 6.42. The molecule has 0 heterocycles. The standard InChI is InChI=1S/C13H16F3N3O3/c1-2-22-12(21)19(8-7-17)11(20)18-10-6-4-3-5-9(10)13(14,15)16/h3-6H,2,7-8,17H2,1H3,(H,18,20). The Morgan fingerprint density at radius 3 is 2.50 bits per heavy atom. The first-order valence-corrected chi connectivity index (χ1v) is 6.42. The zero-order valence-electron chi connectivity index (χ0n) is 11.8. The second-order valence-electron chi connectivity index (χ2n) is 4.11. The first kappa shape index (κ1) is 17.8. The summed E-state index contributed by atoms with van der Waals surface area (Å²) >= 11 is 0. The number of rotatable bonds is 4. The summed E-state index contributed by atoms with van der Waals surface area (Å²) in [7, 11) is 0. The second-order valence-corrected chi connectivity index (χ2v) is 4.11. The Bertz CT molecular complexity index is 535. The van der Waals surface area contributed by atoms with Crippen molar-refractivity contribution in [2.24, 2.45) is 5.73 Å². The molecule has 0 aliphatic rings. The van der Waals surface area contributed by atoms with Crippen molar-refractivity contribution >= 4 is 17.8 Å². The molecule has 3 amide bonds. The highest BCUT2D eigenvalue weighted by atomic mass is 19.4. The molecule has 1 aromatic carbocycles. The van der Waals surface area contributed by atoms with Gasteiger partial charge in [-0.15, -0.1) is 0 Å². The van der Waals surface area contributed by atoms with Gasteiger partial charge in [0.2, 0.25) is 0 Å². The number of nitrogens with one attached hydrogen (secondary N) is 1. The Hall–Kier alpha value is -2.29. The molecule has 0 unspecified atom stereocenters. The topological polar surface area (TPSA) is 84.7 Å². The van der Waals surface area contributed by atoms with Crippen molar-refractivity contribution in [1.29, 1.82) is 0 Å². The average Bonchev–Trinajstić information content (AvgIpc) is 2.44. The maximum absolute atomic E-state index is 12.9. The summed E-state index contributed by atoms with van der Waals surface area (Å²) in [4.78, 5) is 24.2. The fourth-order valence-corrected chi connectivity index (χ4v) is 1.63. The maximum Gasteiger partial charge on any atom is 0.418 e. The Balaban J connectivity index is 2.97. The van der Waals surface area contributed by atoms with Gasteiger partial charge < -0.3 is 15.8 Å². The minimum atomic E-state index is -4.63. The molecule has 1 rings (SSSR count). The Kier molecular flexibility index (Phi) is 6.17. The minimum Gasteiger partial charge on any atom is -0.449 e. The number of benzene rings is 1. The van der Waals surface area contributed by atoms with E-state index in [0.29, 0.717) is 4.90 Å². The van der Waals surface area contributed by atoms with Gasteiger partial charge in [-0.05, 0) is 19.1 Å². The van der Waals surface area contributed by atoms with E-state index >= 15 is 0 Å². The number of para-hydroxylation sites is 1. The van der Waals surface area contributed by atoms with Gasteiger partial charge in [0.1, 0.15) is 0 Å². The molecule has 0 aliphatic carbocycles. The van der Waals surface area contributed by atoms with E-state index in [1.165, 1.54) is 19.1 Å². The van der Waals surface area contributed by atoms with Crippen LogP contribution in [0.5, 0.6) is 0 Å². The van der Waals surface area contributed by atoms with E-state index in [1.807, 2.05) is 0 Å². The lowest BCUT2D eigenvalue weighted by Gasteiger charge is -2.21. The third-order valence-electron chi connectivity index (χ3n) is 2.56. The predicted molar refractivity (Wildman–Crippen MR) is 73.2 cm³/mol. The molecule has 6 nitrogen and oxygen atoms in total. The van der Waals surface area contributed by atoms with Gasteiger partial charge in [-0.1, -0.05) is 12.1 Å². The summed E-state index contributed by atoms with van der Waals surface area (Å²) in [5, 5.41) is 2.05. The van der Waals surface area contributed by atoms with Crippen LogP contribution in [0.15, 0.2) is 24.3 Å². The Labute approximate surface area is 125 Å². The summed E-state index contributed by atoms with van der Waals surface area (Å²) in [6.45, 7) is 1.33. The fourth-order valence-electron chi connectivity index (χ4n) is 1.63. The average molecular weight is 319 g/mol. The number of hydrogen-bond acceptors (Lipinski definition) is 4. The third kappa shape index (κ3) is 4.62. The van der Waals surface area contributed by atoms with Gasteiger partial charge in [0.25, 0.3) is 0 Å². The summed E-state index contributed by atoms with van der Waals surface area (Å²) in [5.41, 5.74) is 3.82. The van der Waals surface area contributed by atoms with Gasteiger partial charge in [0.05, 0.1) is 17.9 Å². The van der Waals surface area contributed by atoms with E-state index in [1.54, 1.807) is 0 Å². The van der Waals surface area contributed by atoms with Crippen molar-refractivity contribution in [2.75, 3.05) is 25.0 Å². The van der Waals surface area contributed by atoms with Gasteiger partial charge in [-0.2, -0.15) is 13.2 Å². The lowest BCUT2D eigenvalue weighted by molar-refractivity contribution is -0.136. The van der Waals surface area contributed by atoms with Gasteiger partial charge >= 0.3 is 18.3 Å². The van der Waals surface area contributed by atoms with Crippen molar-refractivity contribution in [2.45, 2.75) is 13.1 Å². The summed E-state index contributed by atoms with van der Waals surface area (Å²) in [5.74, 6) is 0. The molecular formula is C13H16F3N3O3. The largest absolute Gasteiger partial charge is 0.449 e. The second kappa shape index (κ2) is 7.64. The smallest absolute Gasteiger partial charge is 0.418 e. The molecule has 0 spiro atoms. The van der Waals surface area contributed by atoms with E-state index in [-0.39, 0.29) is 19.7 Å². The van der Waals surface area contributed by atoms with E-state index in [0.717, 1.165) is 12.1 Å². The van der Waals surface area contributed by atoms with Crippen molar-refractivity contribution < 1.29 is 27.5 Å². The quantitative estimate of drug-likeness (QED) is 0.893. The first-order chi connectivity index (χ1) is 10.3. The third-order valence-corrected chi connectivity index (χ3v) is 2.56. The monoisotopic (exact) mass is 319 g/mol. The predicted octanol–water partition coefficient (Wildman–Crippen LogP) is 2.65. The number of alkyl halides is 3. The molecule has 0 radical (unpaired) electrons. The Morgan fingerprint density at radius 2 is 1.95 bits per heavy atom. The Morgan fingerprint density at radius 1 is 1.32 bits per heavy atom. The molecule has 0 saturated heterocycles. The van der Waals surface area contributed by atoms with Crippen LogP contribution in [0.2, 0.25) is 0 Å². The van der Waals surface area contributed by atoms with Gasteiger partial charge in [0, 0.05) is 13.1 Å². The van der Waals surface area contributed by atoms with Crippen LogP contribution >= 0.6 is 0 Å². The number of nitrogens with zero attached hydrogens (tertiary/aromatic N) is 1. The number of carbonyl (C=O) groups excluding carboxylic acids is 2. The molecule has 0 atom stereocenters.